The molecule has 0 aromatic carbocycles. The molecule has 17 heavy (non-hydrogen) atoms. The van der Waals surface area contributed by atoms with Crippen molar-refractivity contribution in [2.75, 3.05) is 26.2 Å². The molecule has 1 rings (SSSR count). The average Bonchev–Trinajstić information content (AvgIpc) is 2.27. The molecule has 98 valence electrons. The maximum atomic E-state index is 12.3. The number of hydrogen-bond donors (Lipinski definition) is 1. The summed E-state index contributed by atoms with van der Waals surface area (Å²) in [5.74, 6) is -0.777. The molecule has 0 spiro atoms. The van der Waals surface area contributed by atoms with E-state index in [9.17, 15) is 18.0 Å². The van der Waals surface area contributed by atoms with Gasteiger partial charge < -0.3 is 10.2 Å². The third-order valence-electron chi connectivity index (χ3n) is 2.68. The second kappa shape index (κ2) is 6.05. The Hall–Kier alpha value is -1.04. The monoisotopic (exact) mass is 250 g/mol. The van der Waals surface area contributed by atoms with Crippen LogP contribution in [0.25, 0.3) is 0 Å². The maximum absolute atomic E-state index is 12.3. The number of carbonyl (C=O) groups is 1. The van der Waals surface area contributed by atoms with Crippen LogP contribution in [0.15, 0.2) is 12.7 Å². The average molecular weight is 250 g/mol. The van der Waals surface area contributed by atoms with Crippen molar-refractivity contribution >= 4 is 5.91 Å². The van der Waals surface area contributed by atoms with Gasteiger partial charge in [-0.15, -0.1) is 6.58 Å². The third-order valence-corrected chi connectivity index (χ3v) is 2.68. The van der Waals surface area contributed by atoms with Crippen molar-refractivity contribution < 1.29 is 18.0 Å². The Labute approximate surface area is 98.7 Å². The third kappa shape index (κ3) is 4.77. The SMILES string of the molecule is C=CCN(CC(F)(F)F)C(=O)C1CCCNC1. The standard InChI is InChI=1S/C11H17F3N2O/c1-2-6-16(8-11(12,13)14)10(17)9-4-3-5-15-7-9/h2,9,15H,1,3-8H2. The summed E-state index contributed by atoms with van der Waals surface area (Å²) in [7, 11) is 0. The van der Waals surface area contributed by atoms with Crippen LogP contribution in [0.1, 0.15) is 12.8 Å². The number of alkyl halides is 3. The van der Waals surface area contributed by atoms with E-state index in [1.165, 1.54) is 6.08 Å². The Morgan fingerprint density at radius 2 is 2.24 bits per heavy atom. The number of amides is 1. The van der Waals surface area contributed by atoms with Crippen LogP contribution in [0.2, 0.25) is 0 Å². The minimum absolute atomic E-state index is 0.0607. The highest BCUT2D eigenvalue weighted by atomic mass is 19.4. The van der Waals surface area contributed by atoms with E-state index in [0.29, 0.717) is 13.0 Å². The lowest BCUT2D eigenvalue weighted by Crippen LogP contribution is -2.46. The van der Waals surface area contributed by atoms with Crippen LogP contribution < -0.4 is 5.32 Å². The lowest BCUT2D eigenvalue weighted by molar-refractivity contribution is -0.163. The first-order valence-electron chi connectivity index (χ1n) is 5.61. The van der Waals surface area contributed by atoms with E-state index in [-0.39, 0.29) is 12.5 Å². The topological polar surface area (TPSA) is 32.3 Å². The van der Waals surface area contributed by atoms with E-state index in [1.54, 1.807) is 0 Å². The molecule has 0 aromatic heterocycles. The zero-order valence-electron chi connectivity index (χ0n) is 9.59. The summed E-state index contributed by atoms with van der Waals surface area (Å²) in [6.45, 7) is 3.41. The number of halogens is 3. The number of nitrogens with one attached hydrogen (secondary N) is 1. The molecule has 0 aromatic rings. The van der Waals surface area contributed by atoms with Gasteiger partial charge in [0.05, 0.1) is 5.92 Å². The molecule has 6 heteroatoms. The fourth-order valence-electron chi connectivity index (χ4n) is 1.93. The molecule has 1 aliphatic rings. The fraction of sp³-hybridized carbons (Fsp3) is 0.727. The van der Waals surface area contributed by atoms with E-state index in [2.05, 4.69) is 11.9 Å². The molecule has 0 bridgehead atoms. The number of piperidine rings is 1. The second-order valence-corrected chi connectivity index (χ2v) is 4.17. The van der Waals surface area contributed by atoms with E-state index >= 15 is 0 Å². The normalized spacial score (nSPS) is 21.0. The van der Waals surface area contributed by atoms with Gasteiger partial charge in [0.2, 0.25) is 5.91 Å². The molecule has 1 N–H and O–H groups in total. The van der Waals surface area contributed by atoms with Gasteiger partial charge in [-0.25, -0.2) is 0 Å². The summed E-state index contributed by atoms with van der Waals surface area (Å²) in [6.07, 6.45) is -1.57. The van der Waals surface area contributed by atoms with Gasteiger partial charge in [0.1, 0.15) is 6.54 Å². The summed E-state index contributed by atoms with van der Waals surface area (Å²) >= 11 is 0. The number of nitrogens with zero attached hydrogens (tertiary/aromatic N) is 1. The zero-order valence-corrected chi connectivity index (χ0v) is 9.59. The first kappa shape index (κ1) is 14.0. The zero-order chi connectivity index (χ0) is 12.9. The Bertz CT molecular complexity index is 272. The Morgan fingerprint density at radius 3 is 2.71 bits per heavy atom. The van der Waals surface area contributed by atoms with Crippen molar-refractivity contribution in [1.82, 2.24) is 10.2 Å². The van der Waals surface area contributed by atoms with Gasteiger partial charge in [-0.05, 0) is 19.4 Å². The minimum Gasteiger partial charge on any atom is -0.330 e. The molecule has 1 atom stereocenters. The van der Waals surface area contributed by atoms with Crippen LogP contribution in [0.4, 0.5) is 13.2 Å². The van der Waals surface area contributed by atoms with Crippen LogP contribution in [0.3, 0.4) is 0 Å². The molecule has 1 saturated heterocycles. The Balaban J connectivity index is 2.61. The molecular weight excluding hydrogens is 233 g/mol. The molecule has 0 saturated carbocycles. The van der Waals surface area contributed by atoms with E-state index < -0.39 is 18.6 Å². The smallest absolute Gasteiger partial charge is 0.330 e. The van der Waals surface area contributed by atoms with E-state index in [4.69, 9.17) is 0 Å². The summed E-state index contributed by atoms with van der Waals surface area (Å²) in [4.78, 5) is 12.7. The van der Waals surface area contributed by atoms with Gasteiger partial charge in [0.15, 0.2) is 0 Å². The molecule has 1 aliphatic heterocycles. The minimum atomic E-state index is -4.36. The summed E-state index contributed by atoms with van der Waals surface area (Å²) in [6, 6.07) is 0. The van der Waals surface area contributed by atoms with Crippen LogP contribution in [-0.4, -0.2) is 43.2 Å². The molecule has 0 aliphatic carbocycles. The first-order chi connectivity index (χ1) is 7.94. The lowest BCUT2D eigenvalue weighted by atomic mass is 9.98. The van der Waals surface area contributed by atoms with Crippen LogP contribution in [-0.2, 0) is 4.79 Å². The highest BCUT2D eigenvalue weighted by Gasteiger charge is 2.35. The maximum Gasteiger partial charge on any atom is 0.406 e. The summed E-state index contributed by atoms with van der Waals surface area (Å²) < 4.78 is 36.9. The molecule has 1 unspecified atom stereocenters. The van der Waals surface area contributed by atoms with Gasteiger partial charge in [0.25, 0.3) is 0 Å². The van der Waals surface area contributed by atoms with Gasteiger partial charge in [0, 0.05) is 13.1 Å². The largest absolute Gasteiger partial charge is 0.406 e. The predicted octanol–water partition coefficient (Wildman–Crippen LogP) is 1.56. The fourth-order valence-corrected chi connectivity index (χ4v) is 1.93. The number of rotatable bonds is 4. The second-order valence-electron chi connectivity index (χ2n) is 4.17. The molecule has 1 fully saturated rings. The van der Waals surface area contributed by atoms with Crippen LogP contribution in [0.5, 0.6) is 0 Å². The van der Waals surface area contributed by atoms with Crippen molar-refractivity contribution in [3.05, 3.63) is 12.7 Å². The number of hydrogen-bond acceptors (Lipinski definition) is 2. The highest BCUT2D eigenvalue weighted by Crippen LogP contribution is 2.20. The first-order valence-corrected chi connectivity index (χ1v) is 5.61. The van der Waals surface area contributed by atoms with Crippen molar-refractivity contribution in [2.45, 2.75) is 19.0 Å². The van der Waals surface area contributed by atoms with Gasteiger partial charge in [-0.3, -0.25) is 4.79 Å². The predicted molar refractivity (Wildman–Crippen MR) is 58.4 cm³/mol. The molecular formula is C11H17F3N2O. The van der Waals surface area contributed by atoms with Crippen molar-refractivity contribution in [3.8, 4) is 0 Å². The molecule has 0 radical (unpaired) electrons. The van der Waals surface area contributed by atoms with Crippen LogP contribution in [0, 0.1) is 5.92 Å². The Morgan fingerprint density at radius 1 is 1.53 bits per heavy atom. The lowest BCUT2D eigenvalue weighted by Gasteiger charge is -2.29. The quantitative estimate of drug-likeness (QED) is 0.768. The van der Waals surface area contributed by atoms with Crippen molar-refractivity contribution in [2.24, 2.45) is 5.92 Å². The molecule has 3 nitrogen and oxygen atoms in total. The van der Waals surface area contributed by atoms with E-state index in [0.717, 1.165) is 17.9 Å². The van der Waals surface area contributed by atoms with Crippen molar-refractivity contribution in [3.63, 3.8) is 0 Å². The van der Waals surface area contributed by atoms with Gasteiger partial charge >= 0.3 is 6.18 Å². The van der Waals surface area contributed by atoms with Crippen molar-refractivity contribution in [1.29, 1.82) is 0 Å². The van der Waals surface area contributed by atoms with Crippen LogP contribution >= 0.6 is 0 Å². The molecule has 1 amide bonds. The van der Waals surface area contributed by atoms with Gasteiger partial charge in [-0.1, -0.05) is 6.08 Å². The number of carbonyl (C=O) groups excluding carboxylic acids is 1. The van der Waals surface area contributed by atoms with Gasteiger partial charge in [-0.2, -0.15) is 13.2 Å². The Kier molecular flexibility index (Phi) is 4.99. The van der Waals surface area contributed by atoms with E-state index in [1.807, 2.05) is 0 Å². The molecule has 1 heterocycles. The summed E-state index contributed by atoms with van der Waals surface area (Å²) in [5.41, 5.74) is 0. The highest BCUT2D eigenvalue weighted by molar-refractivity contribution is 5.79. The summed E-state index contributed by atoms with van der Waals surface area (Å²) in [5, 5.41) is 3.02.